The second kappa shape index (κ2) is 4.59. The molecule has 1 aliphatic rings. The van der Waals surface area contributed by atoms with Crippen LogP contribution < -0.4 is 4.90 Å². The molecule has 0 radical (unpaired) electrons. The molecule has 1 aromatic heterocycles. The summed E-state index contributed by atoms with van der Waals surface area (Å²) in [5.41, 5.74) is 0.555. The smallest absolute Gasteiger partial charge is 0.339 e. The number of rotatable bonds is 2. The maximum absolute atomic E-state index is 11.2. The molecule has 1 unspecified atom stereocenters. The summed E-state index contributed by atoms with van der Waals surface area (Å²) in [6, 6.07) is 3.29. The van der Waals surface area contributed by atoms with Gasteiger partial charge in [-0.1, -0.05) is 20.8 Å². The number of hydrogen-bond donors (Lipinski definition) is 1. The molecule has 1 atom stereocenters. The first-order chi connectivity index (χ1) is 8.39. The summed E-state index contributed by atoms with van der Waals surface area (Å²) >= 11 is 0. The highest BCUT2D eigenvalue weighted by atomic mass is 16.4. The molecule has 1 N–H and O–H groups in total. The van der Waals surface area contributed by atoms with E-state index in [0.717, 1.165) is 19.5 Å². The van der Waals surface area contributed by atoms with Gasteiger partial charge in [-0.3, -0.25) is 0 Å². The summed E-state index contributed by atoms with van der Waals surface area (Å²) < 4.78 is 0. The van der Waals surface area contributed by atoms with E-state index in [1.807, 2.05) is 0 Å². The Bertz CT molecular complexity index is 451. The fourth-order valence-electron chi connectivity index (χ4n) is 2.48. The van der Waals surface area contributed by atoms with Gasteiger partial charge in [-0.05, 0) is 29.9 Å². The van der Waals surface area contributed by atoms with Gasteiger partial charge in [-0.15, -0.1) is 0 Å². The van der Waals surface area contributed by atoms with Crippen LogP contribution in [0.15, 0.2) is 18.3 Å². The lowest BCUT2D eigenvalue weighted by Crippen LogP contribution is -2.27. The van der Waals surface area contributed by atoms with Gasteiger partial charge in [0.25, 0.3) is 0 Å². The van der Waals surface area contributed by atoms with Crippen molar-refractivity contribution >= 4 is 11.8 Å². The van der Waals surface area contributed by atoms with E-state index in [4.69, 9.17) is 0 Å². The number of nitrogens with zero attached hydrogens (tertiary/aromatic N) is 2. The zero-order chi connectivity index (χ0) is 13.3. The van der Waals surface area contributed by atoms with E-state index in [2.05, 4.69) is 30.7 Å². The molecule has 0 aliphatic carbocycles. The van der Waals surface area contributed by atoms with Crippen LogP contribution in [0.5, 0.6) is 0 Å². The first-order valence-corrected chi connectivity index (χ1v) is 6.33. The molecule has 1 aliphatic heterocycles. The number of carbonyl (C=O) groups is 1. The van der Waals surface area contributed by atoms with Crippen molar-refractivity contribution in [2.75, 3.05) is 18.0 Å². The van der Waals surface area contributed by atoms with Gasteiger partial charge in [-0.2, -0.15) is 0 Å². The molecule has 0 saturated carbocycles. The SMILES string of the molecule is CC(C)(C)C1CCN(c2ncccc2C(=O)O)C1. The molecule has 0 spiro atoms. The van der Waals surface area contributed by atoms with Crippen LogP contribution in [-0.4, -0.2) is 29.1 Å². The standard InChI is InChI=1S/C14H20N2O2/c1-14(2,3)10-6-8-16(9-10)12-11(13(17)18)5-4-7-15-12/h4-5,7,10H,6,8-9H2,1-3H3,(H,17,18). The predicted molar refractivity (Wildman–Crippen MR) is 71.0 cm³/mol. The van der Waals surface area contributed by atoms with Crippen molar-refractivity contribution in [1.82, 2.24) is 4.98 Å². The van der Waals surface area contributed by atoms with E-state index < -0.39 is 5.97 Å². The minimum absolute atomic E-state index is 0.257. The van der Waals surface area contributed by atoms with Crippen molar-refractivity contribution in [2.45, 2.75) is 27.2 Å². The van der Waals surface area contributed by atoms with E-state index in [1.165, 1.54) is 0 Å². The van der Waals surface area contributed by atoms with Crippen LogP contribution in [0, 0.1) is 11.3 Å². The van der Waals surface area contributed by atoms with Gasteiger partial charge in [-0.25, -0.2) is 9.78 Å². The van der Waals surface area contributed by atoms with Crippen LogP contribution in [0.25, 0.3) is 0 Å². The molecule has 18 heavy (non-hydrogen) atoms. The van der Waals surface area contributed by atoms with Gasteiger partial charge >= 0.3 is 5.97 Å². The third-order valence-electron chi connectivity index (χ3n) is 3.73. The quantitative estimate of drug-likeness (QED) is 0.874. The maximum Gasteiger partial charge on any atom is 0.339 e. The molecular weight excluding hydrogens is 228 g/mol. The topological polar surface area (TPSA) is 53.4 Å². The molecule has 98 valence electrons. The van der Waals surface area contributed by atoms with Crippen LogP contribution in [-0.2, 0) is 0 Å². The van der Waals surface area contributed by atoms with Gasteiger partial charge in [0.15, 0.2) is 0 Å². The highest BCUT2D eigenvalue weighted by Gasteiger charge is 2.33. The number of hydrogen-bond acceptors (Lipinski definition) is 3. The van der Waals surface area contributed by atoms with Gasteiger partial charge in [0.1, 0.15) is 11.4 Å². The summed E-state index contributed by atoms with van der Waals surface area (Å²) in [4.78, 5) is 17.5. The molecule has 0 bridgehead atoms. The molecule has 2 rings (SSSR count). The second-order valence-electron chi connectivity index (χ2n) is 5.98. The number of aromatic nitrogens is 1. The van der Waals surface area contributed by atoms with Crippen molar-refractivity contribution < 1.29 is 9.90 Å². The molecule has 1 saturated heterocycles. The van der Waals surface area contributed by atoms with E-state index in [-0.39, 0.29) is 5.41 Å². The Morgan fingerprint density at radius 2 is 2.22 bits per heavy atom. The van der Waals surface area contributed by atoms with Crippen molar-refractivity contribution in [3.63, 3.8) is 0 Å². The molecule has 0 aromatic carbocycles. The van der Waals surface area contributed by atoms with Gasteiger partial charge < -0.3 is 10.0 Å². The number of anilines is 1. The number of carboxylic acids is 1. The monoisotopic (exact) mass is 248 g/mol. The Morgan fingerprint density at radius 1 is 1.50 bits per heavy atom. The first kappa shape index (κ1) is 12.9. The normalized spacial score (nSPS) is 20.2. The highest BCUT2D eigenvalue weighted by Crippen LogP contribution is 2.35. The van der Waals surface area contributed by atoms with E-state index in [0.29, 0.717) is 17.3 Å². The van der Waals surface area contributed by atoms with Crippen LogP contribution in [0.4, 0.5) is 5.82 Å². The Morgan fingerprint density at radius 3 is 2.78 bits per heavy atom. The third kappa shape index (κ3) is 2.47. The Hall–Kier alpha value is -1.58. The lowest BCUT2D eigenvalue weighted by atomic mass is 9.80. The molecular formula is C14H20N2O2. The second-order valence-corrected chi connectivity index (χ2v) is 5.98. The van der Waals surface area contributed by atoms with Crippen LogP contribution in [0.3, 0.4) is 0 Å². The Kier molecular flexibility index (Phi) is 3.28. The van der Waals surface area contributed by atoms with Crippen LogP contribution >= 0.6 is 0 Å². The minimum atomic E-state index is -0.905. The molecule has 2 heterocycles. The number of pyridine rings is 1. The van der Waals surface area contributed by atoms with E-state index in [1.54, 1.807) is 18.3 Å². The van der Waals surface area contributed by atoms with Crippen molar-refractivity contribution in [3.8, 4) is 0 Å². The Labute approximate surface area is 108 Å². The van der Waals surface area contributed by atoms with E-state index >= 15 is 0 Å². The lowest BCUT2D eigenvalue weighted by Gasteiger charge is -2.27. The van der Waals surface area contributed by atoms with Gasteiger partial charge in [0.2, 0.25) is 0 Å². The Balaban J connectivity index is 2.22. The summed E-state index contributed by atoms with van der Waals surface area (Å²) in [5.74, 6) is 0.287. The maximum atomic E-state index is 11.2. The zero-order valence-electron chi connectivity index (χ0n) is 11.2. The van der Waals surface area contributed by atoms with E-state index in [9.17, 15) is 9.90 Å². The summed E-state index contributed by atoms with van der Waals surface area (Å²) in [5, 5.41) is 9.19. The predicted octanol–water partition coefficient (Wildman–Crippen LogP) is 2.65. The fourth-order valence-corrected chi connectivity index (χ4v) is 2.48. The molecule has 4 heteroatoms. The number of carboxylic acid groups (broad SMARTS) is 1. The van der Waals surface area contributed by atoms with Crippen molar-refractivity contribution in [1.29, 1.82) is 0 Å². The lowest BCUT2D eigenvalue weighted by molar-refractivity contribution is 0.0697. The van der Waals surface area contributed by atoms with Gasteiger partial charge in [0, 0.05) is 19.3 Å². The number of aromatic carboxylic acids is 1. The zero-order valence-corrected chi connectivity index (χ0v) is 11.2. The van der Waals surface area contributed by atoms with Crippen LogP contribution in [0.2, 0.25) is 0 Å². The molecule has 1 fully saturated rings. The fraction of sp³-hybridized carbons (Fsp3) is 0.571. The average Bonchev–Trinajstić information content (AvgIpc) is 2.77. The molecule has 0 amide bonds. The summed E-state index contributed by atoms with van der Waals surface area (Å²) in [6.07, 6.45) is 2.76. The first-order valence-electron chi connectivity index (χ1n) is 6.33. The van der Waals surface area contributed by atoms with Gasteiger partial charge in [0.05, 0.1) is 0 Å². The highest BCUT2D eigenvalue weighted by molar-refractivity contribution is 5.93. The molecule has 1 aromatic rings. The summed E-state index contributed by atoms with van der Waals surface area (Å²) in [6.45, 7) is 8.48. The van der Waals surface area contributed by atoms with Crippen molar-refractivity contribution in [2.24, 2.45) is 11.3 Å². The van der Waals surface area contributed by atoms with Crippen molar-refractivity contribution in [3.05, 3.63) is 23.9 Å². The molecule has 4 nitrogen and oxygen atoms in total. The summed E-state index contributed by atoms with van der Waals surface area (Å²) in [7, 11) is 0. The third-order valence-corrected chi connectivity index (χ3v) is 3.73. The average molecular weight is 248 g/mol. The minimum Gasteiger partial charge on any atom is -0.478 e. The largest absolute Gasteiger partial charge is 0.478 e. The van der Waals surface area contributed by atoms with Crippen LogP contribution in [0.1, 0.15) is 37.6 Å².